The van der Waals surface area contributed by atoms with Gasteiger partial charge in [0, 0.05) is 11.4 Å². The fourth-order valence-corrected chi connectivity index (χ4v) is 2.81. The van der Waals surface area contributed by atoms with Gasteiger partial charge in [-0.1, -0.05) is 23.7 Å². The second kappa shape index (κ2) is 8.51. The van der Waals surface area contributed by atoms with Crippen LogP contribution in [0.1, 0.15) is 12.5 Å². The zero-order valence-corrected chi connectivity index (χ0v) is 15.4. The predicted octanol–water partition coefficient (Wildman–Crippen LogP) is 4.66. The minimum atomic E-state index is -0.433. The SMILES string of the molecule is CSc1ccc(CN(C)[C@H](C)C(=O)Nc2ccc(F)cc2Cl)cc1. The molecule has 0 aliphatic carbocycles. The molecule has 0 radical (unpaired) electrons. The molecule has 1 N–H and O–H groups in total. The number of nitrogens with one attached hydrogen (secondary N) is 1. The molecule has 6 heteroatoms. The fraction of sp³-hybridized carbons (Fsp3) is 0.278. The Morgan fingerprint density at radius 1 is 1.29 bits per heavy atom. The highest BCUT2D eigenvalue weighted by Gasteiger charge is 2.19. The Kier molecular flexibility index (Phi) is 6.66. The van der Waals surface area contributed by atoms with Crippen LogP contribution in [-0.4, -0.2) is 30.2 Å². The van der Waals surface area contributed by atoms with Gasteiger partial charge >= 0.3 is 0 Å². The summed E-state index contributed by atoms with van der Waals surface area (Å²) >= 11 is 7.64. The average molecular weight is 367 g/mol. The van der Waals surface area contributed by atoms with Crippen molar-refractivity contribution >= 4 is 35.0 Å². The fourth-order valence-electron chi connectivity index (χ4n) is 2.18. The van der Waals surface area contributed by atoms with Crippen molar-refractivity contribution in [2.75, 3.05) is 18.6 Å². The Labute approximate surface area is 151 Å². The van der Waals surface area contributed by atoms with Gasteiger partial charge in [0.1, 0.15) is 5.82 Å². The molecule has 0 heterocycles. The number of rotatable bonds is 6. The molecular formula is C18H20ClFN2OS. The summed E-state index contributed by atoms with van der Waals surface area (Å²) < 4.78 is 13.1. The summed E-state index contributed by atoms with van der Waals surface area (Å²) in [5, 5.41) is 2.93. The van der Waals surface area contributed by atoms with Crippen molar-refractivity contribution in [3.63, 3.8) is 0 Å². The third-order valence-corrected chi connectivity index (χ3v) is 4.88. The lowest BCUT2D eigenvalue weighted by molar-refractivity contribution is -0.120. The smallest absolute Gasteiger partial charge is 0.241 e. The average Bonchev–Trinajstić information content (AvgIpc) is 2.57. The molecule has 0 unspecified atom stereocenters. The molecule has 0 fully saturated rings. The van der Waals surface area contributed by atoms with Gasteiger partial charge in [-0.25, -0.2) is 4.39 Å². The summed E-state index contributed by atoms with van der Waals surface area (Å²) in [4.78, 5) is 15.5. The van der Waals surface area contributed by atoms with Crippen molar-refractivity contribution in [2.45, 2.75) is 24.4 Å². The maximum absolute atomic E-state index is 13.1. The van der Waals surface area contributed by atoms with Crippen LogP contribution in [0, 0.1) is 5.82 Å². The number of thioether (sulfide) groups is 1. The van der Waals surface area contributed by atoms with Crippen molar-refractivity contribution in [1.82, 2.24) is 4.90 Å². The van der Waals surface area contributed by atoms with Gasteiger partial charge in [0.25, 0.3) is 0 Å². The molecule has 0 saturated heterocycles. The Morgan fingerprint density at radius 2 is 1.96 bits per heavy atom. The second-order valence-corrected chi connectivity index (χ2v) is 6.84. The summed E-state index contributed by atoms with van der Waals surface area (Å²) in [7, 11) is 1.89. The quantitative estimate of drug-likeness (QED) is 0.754. The number of amides is 1. The molecule has 0 saturated carbocycles. The van der Waals surface area contributed by atoms with Crippen molar-refractivity contribution in [1.29, 1.82) is 0 Å². The van der Waals surface area contributed by atoms with Crippen LogP contribution < -0.4 is 5.32 Å². The van der Waals surface area contributed by atoms with Gasteiger partial charge in [0.15, 0.2) is 0 Å². The lowest BCUT2D eigenvalue weighted by atomic mass is 10.2. The summed E-state index contributed by atoms with van der Waals surface area (Å²) in [5.41, 5.74) is 1.54. The van der Waals surface area contributed by atoms with Crippen LogP contribution in [0.15, 0.2) is 47.4 Å². The van der Waals surface area contributed by atoms with Crippen molar-refractivity contribution in [3.05, 3.63) is 58.9 Å². The molecule has 1 amide bonds. The predicted molar refractivity (Wildman–Crippen MR) is 99.2 cm³/mol. The monoisotopic (exact) mass is 366 g/mol. The number of hydrogen-bond donors (Lipinski definition) is 1. The minimum absolute atomic E-state index is 0.186. The standard InChI is InChI=1S/C18H20ClFN2OS/c1-12(18(23)21-17-9-6-14(20)10-16(17)19)22(2)11-13-4-7-15(24-3)8-5-13/h4-10,12H,11H2,1-3H3,(H,21,23)/t12-/m1/s1. The lowest BCUT2D eigenvalue weighted by Gasteiger charge is -2.24. The van der Waals surface area contributed by atoms with E-state index in [0.29, 0.717) is 12.2 Å². The molecule has 0 bridgehead atoms. The zero-order valence-electron chi connectivity index (χ0n) is 13.8. The topological polar surface area (TPSA) is 32.3 Å². The maximum Gasteiger partial charge on any atom is 0.241 e. The van der Waals surface area contributed by atoms with E-state index in [1.165, 1.54) is 23.1 Å². The van der Waals surface area contributed by atoms with Crippen molar-refractivity contribution in [2.24, 2.45) is 0 Å². The van der Waals surface area contributed by atoms with E-state index in [1.807, 2.05) is 25.1 Å². The van der Waals surface area contributed by atoms with E-state index in [4.69, 9.17) is 11.6 Å². The van der Waals surface area contributed by atoms with Gasteiger partial charge in [0.2, 0.25) is 5.91 Å². The number of anilines is 1. The first-order chi connectivity index (χ1) is 11.4. The van der Waals surface area contributed by atoms with E-state index in [2.05, 4.69) is 29.6 Å². The number of benzene rings is 2. The molecule has 2 rings (SSSR count). The van der Waals surface area contributed by atoms with Crippen molar-refractivity contribution < 1.29 is 9.18 Å². The first-order valence-electron chi connectivity index (χ1n) is 7.50. The van der Waals surface area contributed by atoms with Crippen LogP contribution in [0.4, 0.5) is 10.1 Å². The Balaban J connectivity index is 1.98. The van der Waals surface area contributed by atoms with E-state index in [9.17, 15) is 9.18 Å². The number of carbonyl (C=O) groups is 1. The van der Waals surface area contributed by atoms with Gasteiger partial charge < -0.3 is 5.32 Å². The first kappa shape index (κ1) is 18.8. The molecule has 24 heavy (non-hydrogen) atoms. The van der Waals surface area contributed by atoms with Gasteiger partial charge in [-0.05, 0) is 56.1 Å². The number of nitrogens with zero attached hydrogens (tertiary/aromatic N) is 1. The zero-order chi connectivity index (χ0) is 17.7. The first-order valence-corrected chi connectivity index (χ1v) is 9.10. The van der Waals surface area contributed by atoms with Crippen LogP contribution >= 0.6 is 23.4 Å². The Bertz CT molecular complexity index is 709. The van der Waals surface area contributed by atoms with E-state index >= 15 is 0 Å². The van der Waals surface area contributed by atoms with E-state index in [1.54, 1.807) is 11.8 Å². The molecular weight excluding hydrogens is 347 g/mol. The third kappa shape index (κ3) is 4.97. The molecule has 128 valence electrons. The van der Waals surface area contributed by atoms with E-state index in [-0.39, 0.29) is 17.0 Å². The number of halogens is 2. The number of likely N-dealkylation sites (N-methyl/N-ethyl adjacent to an activating group) is 1. The van der Waals surface area contributed by atoms with E-state index in [0.717, 1.165) is 5.56 Å². The van der Waals surface area contributed by atoms with Crippen LogP contribution in [-0.2, 0) is 11.3 Å². The summed E-state index contributed by atoms with van der Waals surface area (Å²) in [6.07, 6.45) is 2.04. The molecule has 2 aromatic rings. The number of carbonyl (C=O) groups excluding carboxylic acids is 1. The summed E-state index contributed by atoms with van der Waals surface area (Å²) in [6, 6.07) is 11.8. The summed E-state index contributed by atoms with van der Waals surface area (Å²) in [6.45, 7) is 2.48. The normalized spacial score (nSPS) is 12.2. The molecule has 0 aromatic heterocycles. The van der Waals surface area contributed by atoms with Gasteiger partial charge in [-0.3, -0.25) is 9.69 Å². The van der Waals surface area contributed by atoms with Crippen LogP contribution in [0.5, 0.6) is 0 Å². The van der Waals surface area contributed by atoms with Gasteiger partial charge in [-0.2, -0.15) is 0 Å². The van der Waals surface area contributed by atoms with Crippen LogP contribution in [0.2, 0.25) is 5.02 Å². The molecule has 0 aliphatic rings. The minimum Gasteiger partial charge on any atom is -0.323 e. The molecule has 1 atom stereocenters. The maximum atomic E-state index is 13.1. The van der Waals surface area contributed by atoms with Crippen LogP contribution in [0.3, 0.4) is 0 Å². The highest BCUT2D eigenvalue weighted by molar-refractivity contribution is 7.98. The van der Waals surface area contributed by atoms with E-state index < -0.39 is 5.82 Å². The molecule has 0 aliphatic heterocycles. The highest BCUT2D eigenvalue weighted by Crippen LogP contribution is 2.23. The Hall–Kier alpha value is -1.56. The number of hydrogen-bond acceptors (Lipinski definition) is 3. The highest BCUT2D eigenvalue weighted by atomic mass is 35.5. The Morgan fingerprint density at radius 3 is 2.54 bits per heavy atom. The van der Waals surface area contributed by atoms with Crippen molar-refractivity contribution in [3.8, 4) is 0 Å². The van der Waals surface area contributed by atoms with Gasteiger partial charge in [0.05, 0.1) is 16.8 Å². The van der Waals surface area contributed by atoms with Crippen LogP contribution in [0.25, 0.3) is 0 Å². The summed E-state index contributed by atoms with van der Waals surface area (Å²) in [5.74, 6) is -0.622. The lowest BCUT2D eigenvalue weighted by Crippen LogP contribution is -2.39. The third-order valence-electron chi connectivity index (χ3n) is 3.82. The largest absolute Gasteiger partial charge is 0.323 e. The molecule has 3 nitrogen and oxygen atoms in total. The molecule has 0 spiro atoms. The molecule has 2 aromatic carbocycles. The second-order valence-electron chi connectivity index (χ2n) is 5.55. The van der Waals surface area contributed by atoms with Gasteiger partial charge in [-0.15, -0.1) is 11.8 Å².